The molecule has 0 spiro atoms. The zero-order valence-corrected chi connectivity index (χ0v) is 21.1. The molecule has 1 aliphatic carbocycles. The van der Waals surface area contributed by atoms with Crippen LogP contribution in [-0.4, -0.2) is 33.9 Å². The smallest absolute Gasteiger partial charge is 0.230 e. The predicted molar refractivity (Wildman–Crippen MR) is 145 cm³/mol. The number of aromatic nitrogens is 3. The lowest BCUT2D eigenvalue weighted by Gasteiger charge is -2.50. The van der Waals surface area contributed by atoms with E-state index in [1.54, 1.807) is 6.33 Å². The Bertz CT molecular complexity index is 1240. The topological polar surface area (TPSA) is 66.0 Å². The number of rotatable bonds is 8. The van der Waals surface area contributed by atoms with E-state index in [0.717, 1.165) is 37.2 Å². The van der Waals surface area contributed by atoms with Crippen LogP contribution in [0.5, 0.6) is 0 Å². The van der Waals surface area contributed by atoms with E-state index in [-0.39, 0.29) is 11.1 Å². The summed E-state index contributed by atoms with van der Waals surface area (Å²) < 4.78 is 0. The Labute approximate surface area is 213 Å². The van der Waals surface area contributed by atoms with Gasteiger partial charge in [0, 0.05) is 16.8 Å². The number of nitrogens with zero attached hydrogens (tertiary/aromatic N) is 4. The molecule has 1 heterocycles. The summed E-state index contributed by atoms with van der Waals surface area (Å²) in [6.07, 6.45) is 5.74. The maximum absolute atomic E-state index is 4.68. The van der Waals surface area contributed by atoms with Crippen LogP contribution in [0.2, 0.25) is 0 Å². The third-order valence-corrected chi connectivity index (χ3v) is 7.66. The fraction of sp³-hybridized carbons (Fsp3) is 0.300. The molecular weight excluding hydrogens is 444 g/mol. The normalized spacial score (nSPS) is 21.9. The van der Waals surface area contributed by atoms with Crippen molar-refractivity contribution in [1.29, 1.82) is 0 Å². The Balaban J connectivity index is 1.37. The first-order valence-electron chi connectivity index (χ1n) is 12.6. The summed E-state index contributed by atoms with van der Waals surface area (Å²) in [4.78, 5) is 15.9. The van der Waals surface area contributed by atoms with Gasteiger partial charge in [-0.1, -0.05) is 78.9 Å². The van der Waals surface area contributed by atoms with E-state index in [1.165, 1.54) is 11.1 Å². The zero-order chi connectivity index (χ0) is 24.8. The largest absolute Gasteiger partial charge is 0.324 e. The van der Waals surface area contributed by atoms with Gasteiger partial charge in [-0.2, -0.15) is 4.98 Å². The van der Waals surface area contributed by atoms with Gasteiger partial charge in [-0.15, -0.1) is 0 Å². The van der Waals surface area contributed by atoms with Crippen molar-refractivity contribution in [3.05, 3.63) is 114 Å². The quantitative estimate of drug-likeness (QED) is 0.342. The van der Waals surface area contributed by atoms with Gasteiger partial charge in [0.15, 0.2) is 0 Å². The molecule has 1 aliphatic rings. The molecule has 6 heteroatoms. The predicted octanol–water partition coefficient (Wildman–Crippen LogP) is 5.63. The van der Waals surface area contributed by atoms with Crippen molar-refractivity contribution < 1.29 is 0 Å². The van der Waals surface area contributed by atoms with Crippen molar-refractivity contribution in [2.75, 3.05) is 19.4 Å². The summed E-state index contributed by atoms with van der Waals surface area (Å²) in [5, 5.41) is 7.16. The van der Waals surface area contributed by atoms with E-state index in [2.05, 4.69) is 105 Å². The van der Waals surface area contributed by atoms with Crippen molar-refractivity contribution in [1.82, 2.24) is 25.2 Å². The zero-order valence-electron chi connectivity index (χ0n) is 21.1. The first-order chi connectivity index (χ1) is 17.6. The molecule has 0 radical (unpaired) electrons. The van der Waals surface area contributed by atoms with Gasteiger partial charge in [0.2, 0.25) is 5.95 Å². The van der Waals surface area contributed by atoms with Crippen LogP contribution in [0, 0.1) is 0 Å². The minimum absolute atomic E-state index is 0.0289. The van der Waals surface area contributed by atoms with Gasteiger partial charge in [-0.05, 0) is 63.0 Å². The molecule has 0 unspecified atom stereocenters. The summed E-state index contributed by atoms with van der Waals surface area (Å²) >= 11 is 0. The van der Waals surface area contributed by atoms with E-state index in [9.17, 15) is 0 Å². The van der Waals surface area contributed by atoms with E-state index in [1.807, 2.05) is 30.3 Å². The van der Waals surface area contributed by atoms with Crippen molar-refractivity contribution in [2.24, 2.45) is 0 Å². The molecule has 0 atom stereocenters. The highest BCUT2D eigenvalue weighted by atomic mass is 15.2. The van der Waals surface area contributed by atoms with Crippen molar-refractivity contribution in [2.45, 2.75) is 43.3 Å². The van der Waals surface area contributed by atoms with Crippen LogP contribution in [0.15, 0.2) is 97.3 Å². The van der Waals surface area contributed by atoms with Gasteiger partial charge < -0.3 is 10.6 Å². The van der Waals surface area contributed by atoms with Gasteiger partial charge >= 0.3 is 0 Å². The Morgan fingerprint density at radius 1 is 0.722 bits per heavy atom. The highest BCUT2D eigenvalue weighted by Crippen LogP contribution is 2.48. The second-order valence-electron chi connectivity index (χ2n) is 9.81. The molecule has 6 nitrogen and oxygen atoms in total. The van der Waals surface area contributed by atoms with Crippen molar-refractivity contribution in [3.63, 3.8) is 0 Å². The first kappa shape index (κ1) is 24.1. The van der Waals surface area contributed by atoms with Crippen LogP contribution in [0.25, 0.3) is 0 Å². The van der Waals surface area contributed by atoms with Crippen molar-refractivity contribution >= 4 is 11.6 Å². The summed E-state index contributed by atoms with van der Waals surface area (Å²) in [5.74, 6) is 1.28. The lowest BCUT2D eigenvalue weighted by atomic mass is 9.66. The van der Waals surface area contributed by atoms with Crippen LogP contribution >= 0.6 is 0 Å². The molecule has 36 heavy (non-hydrogen) atoms. The molecule has 2 N–H and O–H groups in total. The number of para-hydroxylation sites is 1. The number of hydrogen-bond donors (Lipinski definition) is 2. The van der Waals surface area contributed by atoms with Crippen LogP contribution in [0.3, 0.4) is 0 Å². The number of hydrogen-bond acceptors (Lipinski definition) is 6. The Kier molecular flexibility index (Phi) is 7.07. The molecular formula is C30H34N6. The molecule has 0 amide bonds. The minimum Gasteiger partial charge on any atom is -0.324 e. The lowest BCUT2D eigenvalue weighted by Crippen LogP contribution is -2.52. The van der Waals surface area contributed by atoms with Gasteiger partial charge in [0.25, 0.3) is 0 Å². The van der Waals surface area contributed by atoms with Crippen LogP contribution < -0.4 is 10.6 Å². The molecule has 0 aliphatic heterocycles. The number of nitrogens with one attached hydrogen (secondary N) is 2. The lowest BCUT2D eigenvalue weighted by molar-refractivity contribution is 0.0521. The average Bonchev–Trinajstić information content (AvgIpc) is 2.94. The minimum atomic E-state index is -0.144. The van der Waals surface area contributed by atoms with Gasteiger partial charge in [-0.25, -0.2) is 9.97 Å². The molecule has 0 saturated heterocycles. The Hall–Kier alpha value is -3.61. The fourth-order valence-electron chi connectivity index (χ4n) is 5.53. The van der Waals surface area contributed by atoms with Crippen LogP contribution in [-0.2, 0) is 17.6 Å². The molecule has 3 aromatic carbocycles. The summed E-state index contributed by atoms with van der Waals surface area (Å²) in [6, 6.07) is 31.8. The van der Waals surface area contributed by atoms with E-state index in [4.69, 9.17) is 0 Å². The highest BCUT2D eigenvalue weighted by Gasteiger charge is 2.45. The monoisotopic (exact) mass is 478 g/mol. The van der Waals surface area contributed by atoms with Crippen LogP contribution in [0.1, 0.15) is 42.6 Å². The standard InChI is InChI=1S/C30H34N6/c1-36(2)30(25-14-8-4-9-15-25)20-18-29(19-21-30,24-12-6-3-7-13-24)33-22-27-31-23-32-28(35-27)34-26-16-10-5-11-17-26/h3-17,23,33H,18-22H2,1-2H3,(H,31,32,34,35). The Morgan fingerprint density at radius 3 is 1.92 bits per heavy atom. The Morgan fingerprint density at radius 2 is 1.31 bits per heavy atom. The molecule has 0 bridgehead atoms. The van der Waals surface area contributed by atoms with E-state index >= 15 is 0 Å². The third-order valence-electron chi connectivity index (χ3n) is 7.66. The maximum atomic E-state index is 4.68. The van der Waals surface area contributed by atoms with Crippen molar-refractivity contribution in [3.8, 4) is 0 Å². The van der Waals surface area contributed by atoms with Crippen LogP contribution in [0.4, 0.5) is 11.6 Å². The second-order valence-corrected chi connectivity index (χ2v) is 9.81. The number of benzene rings is 3. The fourth-order valence-corrected chi connectivity index (χ4v) is 5.53. The molecule has 1 fully saturated rings. The first-order valence-corrected chi connectivity index (χ1v) is 12.6. The number of anilines is 2. The summed E-state index contributed by atoms with van der Waals surface area (Å²) in [7, 11) is 4.42. The summed E-state index contributed by atoms with van der Waals surface area (Å²) in [5.41, 5.74) is 3.56. The average molecular weight is 479 g/mol. The van der Waals surface area contributed by atoms with Gasteiger partial charge in [-0.3, -0.25) is 4.90 Å². The third kappa shape index (κ3) is 5.01. The molecule has 1 aromatic heterocycles. The summed E-state index contributed by atoms with van der Waals surface area (Å²) in [6.45, 7) is 0.571. The van der Waals surface area contributed by atoms with Gasteiger partial charge in [0.05, 0.1) is 6.54 Å². The maximum Gasteiger partial charge on any atom is 0.230 e. The SMILES string of the molecule is CN(C)C1(c2ccccc2)CCC(NCc2ncnc(Nc3ccccc3)n2)(c2ccccc2)CC1. The van der Waals surface area contributed by atoms with E-state index < -0.39 is 0 Å². The second kappa shape index (κ2) is 10.6. The highest BCUT2D eigenvalue weighted by molar-refractivity contribution is 5.52. The molecule has 1 saturated carbocycles. The molecule has 4 aromatic rings. The van der Waals surface area contributed by atoms with E-state index in [0.29, 0.717) is 12.5 Å². The molecule has 5 rings (SSSR count). The molecule has 184 valence electrons. The van der Waals surface area contributed by atoms with Gasteiger partial charge in [0.1, 0.15) is 12.2 Å².